The van der Waals surface area contributed by atoms with Crippen LogP contribution in [-0.4, -0.2) is 85.7 Å². The molecule has 0 radical (unpaired) electrons. The molecule has 212 valence electrons. The molecule has 2 aliphatic heterocycles. The molecule has 6 rings (SSSR count). The number of nitrogens with one attached hydrogen (secondary N) is 1. The largest absolute Gasteiger partial charge is 0.476 e. The van der Waals surface area contributed by atoms with Crippen LogP contribution in [0, 0.1) is 0 Å². The molecule has 3 fully saturated rings. The Morgan fingerprint density at radius 3 is 2.67 bits per heavy atom. The minimum absolute atomic E-state index is 0.0131. The molecule has 13 heteroatoms. The van der Waals surface area contributed by atoms with Gasteiger partial charge in [-0.25, -0.2) is 18.4 Å². The van der Waals surface area contributed by atoms with E-state index < -0.39 is 15.7 Å². The first-order valence-corrected chi connectivity index (χ1v) is 15.8. The Labute approximate surface area is 236 Å². The fourth-order valence-electron chi connectivity index (χ4n) is 4.78. The fourth-order valence-corrected chi connectivity index (χ4v) is 7.27. The van der Waals surface area contributed by atoms with E-state index in [1.165, 1.54) is 29.9 Å². The molecule has 0 unspecified atom stereocenters. The quantitative estimate of drug-likeness (QED) is 0.281. The van der Waals surface area contributed by atoms with Gasteiger partial charge in [0.25, 0.3) is 5.91 Å². The van der Waals surface area contributed by atoms with Gasteiger partial charge in [-0.2, -0.15) is 0 Å². The van der Waals surface area contributed by atoms with E-state index in [-0.39, 0.29) is 22.0 Å². The summed E-state index contributed by atoms with van der Waals surface area (Å²) in [7, 11) is -1.25. The lowest BCUT2D eigenvalue weighted by atomic mass is 10.1. The summed E-state index contributed by atoms with van der Waals surface area (Å²) in [5, 5.41) is 7.00. The third kappa shape index (κ3) is 5.97. The summed E-state index contributed by atoms with van der Waals surface area (Å²) in [6, 6.07) is 10.2. The number of nitrogens with zero attached hydrogens (tertiary/aromatic N) is 4. The number of ether oxygens (including phenoxy) is 2. The molecule has 4 heterocycles. The van der Waals surface area contributed by atoms with Crippen LogP contribution in [0.4, 0.5) is 5.13 Å². The molecule has 0 spiro atoms. The van der Waals surface area contributed by atoms with Crippen molar-refractivity contribution < 1.29 is 27.5 Å². The van der Waals surface area contributed by atoms with Gasteiger partial charge < -0.3 is 19.2 Å². The summed E-state index contributed by atoms with van der Waals surface area (Å²) in [4.78, 5) is 31.2. The van der Waals surface area contributed by atoms with Gasteiger partial charge in [0.05, 0.1) is 23.4 Å². The first-order valence-electron chi connectivity index (χ1n) is 13.4. The average molecular weight is 586 g/mol. The minimum atomic E-state index is -3.35. The van der Waals surface area contributed by atoms with Crippen LogP contribution in [0.15, 0.2) is 46.4 Å². The van der Waals surface area contributed by atoms with Crippen LogP contribution in [0.1, 0.15) is 37.7 Å². The average Bonchev–Trinajstić information content (AvgIpc) is 3.33. The van der Waals surface area contributed by atoms with E-state index in [4.69, 9.17) is 14.3 Å². The van der Waals surface area contributed by atoms with E-state index in [9.17, 15) is 13.2 Å². The molecule has 1 N–H and O–H groups in total. The number of likely N-dealkylation sites (N-methyl/N-ethyl adjacent to an activating group) is 1. The molecule has 1 saturated carbocycles. The number of hydrogen-bond donors (Lipinski definition) is 1. The second-order valence-corrected chi connectivity index (χ2v) is 13.5. The number of pyridine rings is 1. The van der Waals surface area contributed by atoms with Crippen LogP contribution in [-0.2, 0) is 24.2 Å². The first-order chi connectivity index (χ1) is 19.4. The predicted molar refractivity (Wildman–Crippen MR) is 151 cm³/mol. The van der Waals surface area contributed by atoms with Crippen molar-refractivity contribution in [2.24, 2.45) is 5.16 Å². The zero-order valence-electron chi connectivity index (χ0n) is 22.1. The summed E-state index contributed by atoms with van der Waals surface area (Å²) in [6.07, 6.45) is 4.05. The lowest BCUT2D eigenvalue weighted by molar-refractivity contribution is -0.110. The Balaban J connectivity index is 1.19. The number of fused-ring (bicyclic) bond motifs is 1. The second-order valence-electron chi connectivity index (χ2n) is 10.3. The molecular weight excluding hydrogens is 554 g/mol. The van der Waals surface area contributed by atoms with Crippen molar-refractivity contribution in [3.8, 4) is 5.88 Å². The van der Waals surface area contributed by atoms with Crippen molar-refractivity contribution >= 4 is 48.3 Å². The topological polar surface area (TPSA) is 132 Å². The number of aromatic nitrogens is 2. The zero-order chi connectivity index (χ0) is 27.7. The smallest absolute Gasteiger partial charge is 0.280 e. The van der Waals surface area contributed by atoms with Gasteiger partial charge in [0.1, 0.15) is 17.0 Å². The monoisotopic (exact) mass is 585 g/mol. The van der Waals surface area contributed by atoms with E-state index >= 15 is 0 Å². The number of benzene rings is 1. The van der Waals surface area contributed by atoms with E-state index in [1.54, 1.807) is 18.2 Å². The van der Waals surface area contributed by atoms with Gasteiger partial charge in [-0.15, -0.1) is 0 Å². The molecule has 2 aromatic heterocycles. The molecule has 3 aliphatic rings. The number of thiazole rings is 1. The van der Waals surface area contributed by atoms with Crippen LogP contribution in [0.25, 0.3) is 10.3 Å². The number of oxime groups is 1. The first kappa shape index (κ1) is 27.1. The number of sulfone groups is 1. The Morgan fingerprint density at radius 1 is 1.15 bits per heavy atom. The van der Waals surface area contributed by atoms with Gasteiger partial charge in [-0.1, -0.05) is 28.6 Å². The third-order valence-electron chi connectivity index (χ3n) is 7.36. The van der Waals surface area contributed by atoms with Gasteiger partial charge in [-0.05, 0) is 57.5 Å². The van der Waals surface area contributed by atoms with Gasteiger partial charge in [-0.3, -0.25) is 10.1 Å². The Bertz CT molecular complexity index is 1510. The molecule has 40 heavy (non-hydrogen) atoms. The number of amides is 1. The molecule has 1 aromatic carbocycles. The highest BCUT2D eigenvalue weighted by molar-refractivity contribution is 7.92. The van der Waals surface area contributed by atoms with Crippen molar-refractivity contribution in [1.82, 2.24) is 14.9 Å². The van der Waals surface area contributed by atoms with Crippen LogP contribution >= 0.6 is 11.3 Å². The number of likely N-dealkylation sites (tertiary alicyclic amines) is 1. The molecule has 2 atom stereocenters. The molecular formula is C27H31N5O6S2. The molecule has 1 aliphatic carbocycles. The van der Waals surface area contributed by atoms with Crippen LogP contribution in [0.2, 0.25) is 0 Å². The molecule has 0 bridgehead atoms. The maximum absolute atomic E-state index is 13.4. The van der Waals surface area contributed by atoms with E-state index in [2.05, 4.69) is 32.4 Å². The number of anilines is 1. The van der Waals surface area contributed by atoms with Crippen LogP contribution in [0.3, 0.4) is 0 Å². The van der Waals surface area contributed by atoms with Crippen LogP contribution in [0.5, 0.6) is 5.88 Å². The van der Waals surface area contributed by atoms with Crippen molar-refractivity contribution in [2.75, 3.05) is 38.7 Å². The lowest BCUT2D eigenvalue weighted by Gasteiger charge is -2.19. The molecule has 2 saturated heterocycles. The maximum atomic E-state index is 13.4. The summed E-state index contributed by atoms with van der Waals surface area (Å²) in [6.45, 7) is 2.61. The summed E-state index contributed by atoms with van der Waals surface area (Å²) >= 11 is 1.23. The molecule has 3 aromatic rings. The lowest BCUT2D eigenvalue weighted by Crippen LogP contribution is -2.30. The number of rotatable bonds is 10. The zero-order valence-corrected chi connectivity index (χ0v) is 23.7. The van der Waals surface area contributed by atoms with Crippen molar-refractivity contribution in [3.63, 3.8) is 0 Å². The van der Waals surface area contributed by atoms with E-state index in [0.717, 1.165) is 13.0 Å². The molecule has 1 amide bonds. The van der Waals surface area contributed by atoms with E-state index in [0.29, 0.717) is 72.0 Å². The maximum Gasteiger partial charge on any atom is 0.280 e. The standard InChI is InChI=1S/C27H31N5O6S2/c1-32-13-2-3-18(32)15-37-23-11-10-22-26(29-23)39-27(28-22)30-25(33)24(31-38-19-12-14-36-16-19)17-4-6-20(7-5-17)40(34,35)21-8-9-21/h4-7,10-11,18-19,21H,2-3,8-9,12-16H2,1H3,(H,28,30,33)/b31-24+/t18-,19-/m1/s1. The molecule has 11 nitrogen and oxygen atoms in total. The number of carbonyl (C=O) groups is 1. The number of hydrogen-bond acceptors (Lipinski definition) is 11. The van der Waals surface area contributed by atoms with Gasteiger partial charge >= 0.3 is 0 Å². The summed E-state index contributed by atoms with van der Waals surface area (Å²) in [5.41, 5.74) is 1.08. The highest BCUT2D eigenvalue weighted by Crippen LogP contribution is 2.33. The predicted octanol–water partition coefficient (Wildman–Crippen LogP) is 3.25. The SMILES string of the molecule is CN1CCC[C@@H]1COc1ccc2nc(NC(=O)/C(=N/O[C@@H]3CCOC3)c3ccc(S(=O)(=O)C4CC4)cc3)sc2n1. The van der Waals surface area contributed by atoms with Gasteiger partial charge in [0.15, 0.2) is 26.8 Å². The van der Waals surface area contributed by atoms with Crippen molar-refractivity contribution in [2.45, 2.75) is 54.4 Å². The Morgan fingerprint density at radius 2 is 1.98 bits per heavy atom. The van der Waals surface area contributed by atoms with Crippen LogP contribution < -0.4 is 10.1 Å². The van der Waals surface area contributed by atoms with Crippen molar-refractivity contribution in [1.29, 1.82) is 0 Å². The fraction of sp³-hybridized carbons (Fsp3) is 0.481. The summed E-state index contributed by atoms with van der Waals surface area (Å²) in [5.74, 6) is -0.0125. The normalized spacial score (nSPS) is 22.1. The van der Waals surface area contributed by atoms with Gasteiger partial charge in [0, 0.05) is 24.1 Å². The highest BCUT2D eigenvalue weighted by Gasteiger charge is 2.37. The summed E-state index contributed by atoms with van der Waals surface area (Å²) < 4.78 is 36.5. The second kappa shape index (κ2) is 11.4. The highest BCUT2D eigenvalue weighted by atomic mass is 32.2. The van der Waals surface area contributed by atoms with E-state index in [1.807, 2.05) is 6.07 Å². The Kier molecular flexibility index (Phi) is 7.71. The van der Waals surface area contributed by atoms with Crippen molar-refractivity contribution in [3.05, 3.63) is 42.0 Å². The third-order valence-corrected chi connectivity index (χ3v) is 10.5. The Hall–Kier alpha value is -3.13. The minimum Gasteiger partial charge on any atom is -0.476 e. The number of carbonyl (C=O) groups excluding carboxylic acids is 1. The van der Waals surface area contributed by atoms with Gasteiger partial charge in [0.2, 0.25) is 5.88 Å².